The van der Waals surface area contributed by atoms with Gasteiger partial charge in [-0.25, -0.2) is 0 Å². The van der Waals surface area contributed by atoms with Gasteiger partial charge in [0.25, 0.3) is 0 Å². The molecule has 6 heteroatoms. The second kappa shape index (κ2) is 8.27. The molecule has 1 N–H and O–H groups in total. The predicted molar refractivity (Wildman–Crippen MR) is 96.8 cm³/mol. The summed E-state index contributed by atoms with van der Waals surface area (Å²) in [5, 5.41) is 3.22. The molecule has 0 radical (unpaired) electrons. The molecule has 1 aliphatic heterocycles. The molecule has 0 bridgehead atoms. The Bertz CT molecular complexity index is 733. The van der Waals surface area contributed by atoms with E-state index in [-0.39, 0.29) is 12.0 Å². The van der Waals surface area contributed by atoms with E-state index in [0.29, 0.717) is 18.1 Å². The quantitative estimate of drug-likeness (QED) is 0.829. The van der Waals surface area contributed by atoms with E-state index < -0.39 is 16.8 Å². The number of methoxy groups -OCH3 is 1. The summed E-state index contributed by atoms with van der Waals surface area (Å²) in [6.07, 6.45) is 0. The van der Waals surface area contributed by atoms with Gasteiger partial charge in [-0.1, -0.05) is 42.5 Å². The van der Waals surface area contributed by atoms with Crippen molar-refractivity contribution in [2.24, 2.45) is 0 Å². The average Bonchev–Trinajstić information content (AvgIpc) is 2.66. The van der Waals surface area contributed by atoms with E-state index in [1.807, 2.05) is 54.6 Å². The lowest BCUT2D eigenvalue weighted by Crippen LogP contribution is -2.49. The van der Waals surface area contributed by atoms with Crippen LogP contribution in [0.5, 0.6) is 5.75 Å². The maximum atomic E-state index is 12.0. The lowest BCUT2D eigenvalue weighted by Gasteiger charge is -2.29. The third kappa shape index (κ3) is 4.67. The molecular formula is C19H21NO4S. The molecule has 1 fully saturated rings. The summed E-state index contributed by atoms with van der Waals surface area (Å²) >= 11 is 0. The van der Waals surface area contributed by atoms with Crippen molar-refractivity contribution in [2.75, 3.05) is 18.6 Å². The average molecular weight is 359 g/mol. The molecule has 2 aromatic rings. The van der Waals surface area contributed by atoms with Crippen molar-refractivity contribution in [3.05, 3.63) is 65.7 Å². The zero-order chi connectivity index (χ0) is 17.6. The highest BCUT2D eigenvalue weighted by Crippen LogP contribution is 2.23. The predicted octanol–water partition coefficient (Wildman–Crippen LogP) is 2.20. The Kier molecular flexibility index (Phi) is 5.83. The van der Waals surface area contributed by atoms with E-state index in [0.717, 1.165) is 16.9 Å². The van der Waals surface area contributed by atoms with Gasteiger partial charge in [0.15, 0.2) is 0 Å². The van der Waals surface area contributed by atoms with Crippen LogP contribution in [0, 0.1) is 0 Å². The molecule has 3 unspecified atom stereocenters. The normalized spacial score (nSPS) is 23.0. The topological polar surface area (TPSA) is 64.6 Å². The minimum Gasteiger partial charge on any atom is -0.489 e. The molecule has 0 amide bonds. The van der Waals surface area contributed by atoms with Crippen LogP contribution in [-0.4, -0.2) is 34.8 Å². The number of nitrogens with one attached hydrogen (secondary N) is 1. The van der Waals surface area contributed by atoms with Crippen molar-refractivity contribution >= 4 is 16.8 Å². The molecule has 0 spiro atoms. The highest BCUT2D eigenvalue weighted by atomic mass is 32.2. The summed E-state index contributed by atoms with van der Waals surface area (Å²) < 4.78 is 22.6. The Morgan fingerprint density at radius 1 is 1.12 bits per heavy atom. The van der Waals surface area contributed by atoms with Crippen molar-refractivity contribution in [3.8, 4) is 5.75 Å². The van der Waals surface area contributed by atoms with Gasteiger partial charge < -0.3 is 9.47 Å². The number of carbonyl (C=O) groups is 1. The van der Waals surface area contributed by atoms with E-state index in [4.69, 9.17) is 9.47 Å². The summed E-state index contributed by atoms with van der Waals surface area (Å²) in [6, 6.07) is 17.0. The number of carbonyl (C=O) groups excluding carboxylic acids is 1. The van der Waals surface area contributed by atoms with Gasteiger partial charge in [0.05, 0.1) is 7.11 Å². The Balaban J connectivity index is 1.63. The number of ether oxygens (including phenoxy) is 2. The smallest absolute Gasteiger partial charge is 0.323 e. The zero-order valence-corrected chi connectivity index (χ0v) is 14.8. The molecule has 3 atom stereocenters. The lowest BCUT2D eigenvalue weighted by molar-refractivity contribution is -0.142. The maximum Gasteiger partial charge on any atom is 0.323 e. The van der Waals surface area contributed by atoms with Gasteiger partial charge in [-0.2, -0.15) is 0 Å². The Hall–Kier alpha value is -2.18. The Morgan fingerprint density at radius 2 is 1.84 bits per heavy atom. The minimum atomic E-state index is -1.05. The molecule has 132 valence electrons. The first kappa shape index (κ1) is 17.6. The fourth-order valence-corrected chi connectivity index (χ4v) is 4.19. The van der Waals surface area contributed by atoms with E-state index in [2.05, 4.69) is 5.32 Å². The first-order valence-electron chi connectivity index (χ1n) is 8.11. The SMILES string of the molecule is COC(=O)C1CS(=O)CC(c2ccc(OCc3ccccc3)cc2)N1. The number of hydrogen-bond acceptors (Lipinski definition) is 5. The van der Waals surface area contributed by atoms with Crippen LogP contribution in [0.25, 0.3) is 0 Å². The monoisotopic (exact) mass is 359 g/mol. The number of hydrogen-bond donors (Lipinski definition) is 1. The second-order valence-electron chi connectivity index (χ2n) is 5.91. The molecular weight excluding hydrogens is 338 g/mol. The summed E-state index contributed by atoms with van der Waals surface area (Å²) in [4.78, 5) is 11.7. The van der Waals surface area contributed by atoms with Gasteiger partial charge in [0, 0.05) is 28.3 Å². The maximum absolute atomic E-state index is 12.0. The highest BCUT2D eigenvalue weighted by Gasteiger charge is 2.31. The minimum absolute atomic E-state index is 0.137. The van der Waals surface area contributed by atoms with Gasteiger partial charge in [-0.3, -0.25) is 14.3 Å². The van der Waals surface area contributed by atoms with Crippen LogP contribution in [0.2, 0.25) is 0 Å². The molecule has 5 nitrogen and oxygen atoms in total. The third-order valence-electron chi connectivity index (χ3n) is 4.12. The largest absolute Gasteiger partial charge is 0.489 e. The van der Waals surface area contributed by atoms with Crippen molar-refractivity contribution in [1.29, 1.82) is 0 Å². The Labute approximate surface area is 149 Å². The van der Waals surface area contributed by atoms with Crippen LogP contribution in [0.3, 0.4) is 0 Å². The first-order chi connectivity index (χ1) is 12.2. The number of esters is 1. The standard InChI is InChI=1S/C19H21NO4S/c1-23-19(21)18-13-25(22)12-17(20-18)15-7-9-16(10-8-15)24-11-14-5-3-2-4-6-14/h2-10,17-18,20H,11-13H2,1H3. The van der Waals surface area contributed by atoms with Crippen LogP contribution >= 0.6 is 0 Å². The molecule has 25 heavy (non-hydrogen) atoms. The lowest BCUT2D eigenvalue weighted by atomic mass is 10.1. The van der Waals surface area contributed by atoms with Crippen LogP contribution in [0.4, 0.5) is 0 Å². The third-order valence-corrected chi connectivity index (χ3v) is 5.53. The van der Waals surface area contributed by atoms with Crippen LogP contribution < -0.4 is 10.1 Å². The van der Waals surface area contributed by atoms with Crippen molar-refractivity contribution in [3.63, 3.8) is 0 Å². The van der Waals surface area contributed by atoms with Crippen molar-refractivity contribution < 1.29 is 18.5 Å². The van der Waals surface area contributed by atoms with Gasteiger partial charge in [0.2, 0.25) is 0 Å². The second-order valence-corrected chi connectivity index (χ2v) is 7.46. The molecule has 3 rings (SSSR count). The van der Waals surface area contributed by atoms with Crippen LogP contribution in [0.1, 0.15) is 17.2 Å². The fraction of sp³-hybridized carbons (Fsp3) is 0.316. The summed E-state index contributed by atoms with van der Waals surface area (Å²) in [7, 11) is 0.291. The van der Waals surface area contributed by atoms with Crippen LogP contribution in [0.15, 0.2) is 54.6 Å². The molecule has 1 aliphatic rings. The van der Waals surface area contributed by atoms with Gasteiger partial charge in [-0.15, -0.1) is 0 Å². The van der Waals surface area contributed by atoms with Gasteiger partial charge >= 0.3 is 5.97 Å². The summed E-state index contributed by atoms with van der Waals surface area (Å²) in [5.74, 6) is 1.18. The Morgan fingerprint density at radius 3 is 2.52 bits per heavy atom. The molecule has 1 heterocycles. The van der Waals surface area contributed by atoms with Crippen molar-refractivity contribution in [1.82, 2.24) is 5.32 Å². The molecule has 0 aliphatic carbocycles. The number of benzene rings is 2. The fourth-order valence-electron chi connectivity index (χ4n) is 2.79. The molecule has 1 saturated heterocycles. The van der Waals surface area contributed by atoms with E-state index >= 15 is 0 Å². The van der Waals surface area contributed by atoms with Crippen LogP contribution in [-0.2, 0) is 26.9 Å². The van der Waals surface area contributed by atoms with E-state index in [9.17, 15) is 9.00 Å². The van der Waals surface area contributed by atoms with E-state index in [1.165, 1.54) is 7.11 Å². The van der Waals surface area contributed by atoms with Gasteiger partial charge in [0.1, 0.15) is 18.4 Å². The molecule has 0 saturated carbocycles. The summed E-state index contributed by atoms with van der Waals surface area (Å²) in [5.41, 5.74) is 2.09. The summed E-state index contributed by atoms with van der Waals surface area (Å²) in [6.45, 7) is 0.510. The first-order valence-corrected chi connectivity index (χ1v) is 9.60. The molecule has 2 aromatic carbocycles. The molecule has 0 aromatic heterocycles. The zero-order valence-electron chi connectivity index (χ0n) is 14.0. The number of rotatable bonds is 5. The highest BCUT2D eigenvalue weighted by molar-refractivity contribution is 7.85. The van der Waals surface area contributed by atoms with Gasteiger partial charge in [-0.05, 0) is 23.3 Å². The van der Waals surface area contributed by atoms with E-state index in [1.54, 1.807) is 0 Å². The van der Waals surface area contributed by atoms with Crippen molar-refractivity contribution in [2.45, 2.75) is 18.7 Å².